The fraction of sp³-hybridized carbons (Fsp3) is 0.818. The molecule has 88 valence electrons. The van der Waals surface area contributed by atoms with E-state index in [2.05, 4.69) is 11.7 Å². The topological polar surface area (TPSA) is 52.6 Å². The van der Waals surface area contributed by atoms with Gasteiger partial charge in [0.25, 0.3) is 0 Å². The number of esters is 2. The van der Waals surface area contributed by atoms with Crippen LogP contribution < -0.4 is 0 Å². The molecule has 0 aliphatic heterocycles. The molecule has 0 aromatic heterocycles. The first-order valence-corrected chi connectivity index (χ1v) is 5.52. The third kappa shape index (κ3) is 9.25. The van der Waals surface area contributed by atoms with Gasteiger partial charge in [-0.05, 0) is 13.3 Å². The van der Waals surface area contributed by atoms with Crippen LogP contribution in [0.15, 0.2) is 0 Å². The summed E-state index contributed by atoms with van der Waals surface area (Å²) in [7, 11) is 0. The molecule has 0 fully saturated rings. The Kier molecular flexibility index (Phi) is 8.82. The van der Waals surface area contributed by atoms with Gasteiger partial charge in [0.05, 0.1) is 26.1 Å². The van der Waals surface area contributed by atoms with E-state index in [-0.39, 0.29) is 24.8 Å². The van der Waals surface area contributed by atoms with E-state index in [9.17, 15) is 9.59 Å². The highest BCUT2D eigenvalue weighted by Gasteiger charge is 2.07. The second kappa shape index (κ2) is 9.49. The normalized spacial score (nSPS) is 9.73. The van der Waals surface area contributed by atoms with Crippen LogP contribution >= 0.6 is 0 Å². The predicted octanol–water partition coefficient (Wildman–Crippen LogP) is 2.06. The zero-order chi connectivity index (χ0) is 11.5. The van der Waals surface area contributed by atoms with E-state index < -0.39 is 0 Å². The number of unbranched alkanes of at least 4 members (excludes halogenated alkanes) is 2. The van der Waals surface area contributed by atoms with E-state index in [1.54, 1.807) is 6.92 Å². The van der Waals surface area contributed by atoms with Crippen molar-refractivity contribution in [2.75, 3.05) is 13.2 Å². The monoisotopic (exact) mass is 216 g/mol. The Bertz CT molecular complexity index is 189. The maximum absolute atomic E-state index is 11.1. The van der Waals surface area contributed by atoms with Crippen LogP contribution in [0.1, 0.15) is 46.0 Å². The molecule has 0 spiro atoms. The quantitative estimate of drug-likeness (QED) is 0.460. The molecule has 0 aliphatic rings. The molecule has 0 radical (unpaired) electrons. The van der Waals surface area contributed by atoms with Gasteiger partial charge < -0.3 is 9.47 Å². The fourth-order valence-electron chi connectivity index (χ4n) is 1.05. The van der Waals surface area contributed by atoms with E-state index in [4.69, 9.17) is 4.74 Å². The third-order valence-corrected chi connectivity index (χ3v) is 1.85. The van der Waals surface area contributed by atoms with Gasteiger partial charge in [0, 0.05) is 0 Å². The van der Waals surface area contributed by atoms with Gasteiger partial charge in [-0.25, -0.2) is 0 Å². The highest BCUT2D eigenvalue weighted by molar-refractivity contribution is 5.77. The Morgan fingerprint density at radius 1 is 0.933 bits per heavy atom. The van der Waals surface area contributed by atoms with Gasteiger partial charge in [0.2, 0.25) is 0 Å². The minimum absolute atomic E-state index is 0.112. The molecule has 0 atom stereocenters. The first kappa shape index (κ1) is 13.9. The maximum atomic E-state index is 11.1. The number of hydrogen-bond acceptors (Lipinski definition) is 4. The second-order valence-electron chi connectivity index (χ2n) is 3.23. The van der Waals surface area contributed by atoms with Gasteiger partial charge in [-0.15, -0.1) is 0 Å². The van der Waals surface area contributed by atoms with Crippen molar-refractivity contribution in [1.82, 2.24) is 0 Å². The van der Waals surface area contributed by atoms with Crippen LogP contribution in [0.5, 0.6) is 0 Å². The average Bonchev–Trinajstić information content (AvgIpc) is 2.22. The first-order chi connectivity index (χ1) is 7.20. The summed E-state index contributed by atoms with van der Waals surface area (Å²) in [6, 6.07) is 0. The van der Waals surface area contributed by atoms with E-state index in [0.29, 0.717) is 13.2 Å². The van der Waals surface area contributed by atoms with Crippen LogP contribution in [0.25, 0.3) is 0 Å². The minimum atomic E-state index is -0.344. The third-order valence-electron chi connectivity index (χ3n) is 1.85. The Labute approximate surface area is 90.9 Å². The summed E-state index contributed by atoms with van der Waals surface area (Å²) in [5, 5.41) is 0. The van der Waals surface area contributed by atoms with E-state index >= 15 is 0 Å². The Morgan fingerprint density at radius 3 is 2.07 bits per heavy atom. The van der Waals surface area contributed by atoms with Crippen molar-refractivity contribution in [2.45, 2.75) is 46.0 Å². The highest BCUT2D eigenvalue weighted by Crippen LogP contribution is 1.99. The molecule has 0 saturated carbocycles. The molecule has 0 aliphatic carbocycles. The summed E-state index contributed by atoms with van der Waals surface area (Å²) in [5.74, 6) is -0.665. The fourth-order valence-corrected chi connectivity index (χ4v) is 1.05. The van der Waals surface area contributed by atoms with Gasteiger partial charge in [0.1, 0.15) is 0 Å². The molecule has 0 aromatic carbocycles. The van der Waals surface area contributed by atoms with Crippen molar-refractivity contribution in [3.05, 3.63) is 0 Å². The summed E-state index contributed by atoms with van der Waals surface area (Å²) in [4.78, 5) is 22.0. The van der Waals surface area contributed by atoms with Crippen LogP contribution in [0.4, 0.5) is 0 Å². The minimum Gasteiger partial charge on any atom is -0.466 e. The summed E-state index contributed by atoms with van der Waals surface area (Å²) in [6.07, 6.45) is 3.28. The zero-order valence-corrected chi connectivity index (χ0v) is 9.58. The van der Waals surface area contributed by atoms with Gasteiger partial charge in [-0.3, -0.25) is 9.59 Å². The zero-order valence-electron chi connectivity index (χ0n) is 9.58. The molecule has 4 nitrogen and oxygen atoms in total. The molecule has 0 N–H and O–H groups in total. The van der Waals surface area contributed by atoms with Crippen LogP contribution in [0.3, 0.4) is 0 Å². The standard InChI is InChI=1S/C11H20O4/c1-3-5-6-9-15-11(13)8-7-10(12)14-4-2/h3-9H2,1-2H3. The predicted molar refractivity (Wildman–Crippen MR) is 56.4 cm³/mol. The number of ether oxygens (including phenoxy) is 2. The number of carbonyl (C=O) groups is 2. The summed E-state index contributed by atoms with van der Waals surface area (Å²) < 4.78 is 9.61. The summed E-state index contributed by atoms with van der Waals surface area (Å²) in [6.45, 7) is 4.63. The lowest BCUT2D eigenvalue weighted by atomic mass is 10.3. The van der Waals surface area contributed by atoms with E-state index in [1.807, 2.05) is 0 Å². The molecular weight excluding hydrogens is 196 g/mol. The molecule has 0 aromatic rings. The van der Waals surface area contributed by atoms with Crippen molar-refractivity contribution in [1.29, 1.82) is 0 Å². The van der Waals surface area contributed by atoms with E-state index in [1.165, 1.54) is 0 Å². The van der Waals surface area contributed by atoms with Crippen LogP contribution in [0, 0.1) is 0 Å². The van der Waals surface area contributed by atoms with Crippen molar-refractivity contribution in [3.63, 3.8) is 0 Å². The molecule has 0 heterocycles. The smallest absolute Gasteiger partial charge is 0.306 e. The lowest BCUT2D eigenvalue weighted by molar-refractivity contribution is -0.150. The van der Waals surface area contributed by atoms with Gasteiger partial charge >= 0.3 is 11.9 Å². The van der Waals surface area contributed by atoms with Crippen molar-refractivity contribution in [3.8, 4) is 0 Å². The van der Waals surface area contributed by atoms with Gasteiger partial charge in [-0.2, -0.15) is 0 Å². The Hall–Kier alpha value is -1.06. The molecule has 4 heteroatoms. The lowest BCUT2D eigenvalue weighted by Crippen LogP contribution is -2.10. The Morgan fingerprint density at radius 2 is 1.53 bits per heavy atom. The number of hydrogen-bond donors (Lipinski definition) is 0. The molecule has 0 rings (SSSR count). The van der Waals surface area contributed by atoms with Crippen molar-refractivity contribution < 1.29 is 19.1 Å². The van der Waals surface area contributed by atoms with Crippen molar-refractivity contribution >= 4 is 11.9 Å². The molecule has 0 unspecified atom stereocenters. The van der Waals surface area contributed by atoms with E-state index in [0.717, 1.165) is 19.3 Å². The van der Waals surface area contributed by atoms with Crippen LogP contribution in [-0.4, -0.2) is 25.2 Å². The molecule has 0 saturated heterocycles. The summed E-state index contributed by atoms with van der Waals surface area (Å²) >= 11 is 0. The maximum Gasteiger partial charge on any atom is 0.306 e. The van der Waals surface area contributed by atoms with Gasteiger partial charge in [0.15, 0.2) is 0 Å². The first-order valence-electron chi connectivity index (χ1n) is 5.52. The van der Waals surface area contributed by atoms with Gasteiger partial charge in [-0.1, -0.05) is 19.8 Å². The summed E-state index contributed by atoms with van der Waals surface area (Å²) in [5.41, 5.74) is 0. The molecule has 0 amide bonds. The molecular formula is C11H20O4. The Balaban J connectivity index is 3.36. The van der Waals surface area contributed by atoms with Crippen LogP contribution in [-0.2, 0) is 19.1 Å². The number of rotatable bonds is 8. The number of carbonyl (C=O) groups excluding carboxylic acids is 2. The second-order valence-corrected chi connectivity index (χ2v) is 3.23. The molecule has 0 bridgehead atoms. The average molecular weight is 216 g/mol. The molecule has 15 heavy (non-hydrogen) atoms. The largest absolute Gasteiger partial charge is 0.466 e. The van der Waals surface area contributed by atoms with Crippen LogP contribution in [0.2, 0.25) is 0 Å². The highest BCUT2D eigenvalue weighted by atomic mass is 16.5. The SMILES string of the molecule is CCCCCOC(=O)CCC(=O)OCC. The lowest BCUT2D eigenvalue weighted by Gasteiger charge is -2.04. The van der Waals surface area contributed by atoms with Crippen molar-refractivity contribution in [2.24, 2.45) is 0 Å².